The second-order valence-corrected chi connectivity index (χ2v) is 8.00. The predicted molar refractivity (Wildman–Crippen MR) is 91.3 cm³/mol. The molecular weight excluding hydrogens is 288 g/mol. The molecule has 1 saturated carbocycles. The molecule has 0 radical (unpaired) electrons. The third-order valence-corrected chi connectivity index (χ3v) is 4.71. The van der Waals surface area contributed by atoms with Gasteiger partial charge in [0.05, 0.1) is 0 Å². The summed E-state index contributed by atoms with van der Waals surface area (Å²) in [6, 6.07) is 11.6. The average Bonchev–Trinajstić information content (AvgIpc) is 2.91. The molecule has 126 valence electrons. The van der Waals surface area contributed by atoms with Crippen LogP contribution < -0.4 is 5.32 Å². The molecule has 2 fully saturated rings. The number of benzene rings is 1. The molecule has 3 unspecified atom stereocenters. The van der Waals surface area contributed by atoms with Crippen LogP contribution in [-0.4, -0.2) is 41.8 Å². The van der Waals surface area contributed by atoms with E-state index in [0.717, 1.165) is 19.5 Å². The number of piperidine rings is 1. The summed E-state index contributed by atoms with van der Waals surface area (Å²) >= 11 is 0. The molecule has 1 heterocycles. The summed E-state index contributed by atoms with van der Waals surface area (Å²) in [7, 11) is 0. The number of fused-ring (bicyclic) bond motifs is 1. The van der Waals surface area contributed by atoms with E-state index in [1.807, 2.05) is 25.7 Å². The van der Waals surface area contributed by atoms with E-state index < -0.39 is 5.60 Å². The molecule has 3 rings (SSSR count). The van der Waals surface area contributed by atoms with E-state index in [4.69, 9.17) is 4.74 Å². The summed E-state index contributed by atoms with van der Waals surface area (Å²) in [5.41, 5.74) is 0.958. The van der Waals surface area contributed by atoms with Gasteiger partial charge in [-0.15, -0.1) is 0 Å². The first-order chi connectivity index (χ1) is 10.8. The van der Waals surface area contributed by atoms with Gasteiger partial charge in [0.15, 0.2) is 0 Å². The van der Waals surface area contributed by atoms with Gasteiger partial charge >= 0.3 is 6.09 Å². The lowest BCUT2D eigenvalue weighted by molar-refractivity contribution is 0.0269. The van der Waals surface area contributed by atoms with E-state index in [2.05, 4.69) is 42.6 Å². The van der Waals surface area contributed by atoms with Crippen LogP contribution in [0.25, 0.3) is 0 Å². The van der Waals surface area contributed by atoms with Crippen LogP contribution in [0.2, 0.25) is 0 Å². The molecule has 4 nitrogen and oxygen atoms in total. The van der Waals surface area contributed by atoms with E-state index in [1.54, 1.807) is 0 Å². The predicted octanol–water partition coefficient (Wildman–Crippen LogP) is 3.07. The number of ether oxygens (including phenoxy) is 1. The number of nitrogens with one attached hydrogen (secondary N) is 1. The van der Waals surface area contributed by atoms with Crippen molar-refractivity contribution in [3.05, 3.63) is 35.9 Å². The van der Waals surface area contributed by atoms with Crippen molar-refractivity contribution >= 4 is 6.09 Å². The molecule has 3 atom stereocenters. The number of amides is 1. The Hall–Kier alpha value is -1.55. The Morgan fingerprint density at radius 3 is 2.43 bits per heavy atom. The molecule has 0 aromatic heterocycles. The standard InChI is InChI=1S/C19H28N2O2/c1-13(10-14-8-6-5-7-9-14)20-17-15-11-21(12-16(15)17)18(22)23-19(2,3)4/h5-9,13,15-17,20H,10-12H2,1-4H3. The minimum absolute atomic E-state index is 0.166. The minimum atomic E-state index is -0.411. The lowest BCUT2D eigenvalue weighted by atomic mass is 10.1. The smallest absolute Gasteiger partial charge is 0.410 e. The van der Waals surface area contributed by atoms with Crippen LogP contribution in [-0.2, 0) is 11.2 Å². The molecule has 4 heteroatoms. The number of hydrogen-bond donors (Lipinski definition) is 1. The lowest BCUT2D eigenvalue weighted by Crippen LogP contribution is -2.41. The third kappa shape index (κ3) is 4.05. The van der Waals surface area contributed by atoms with Crippen LogP contribution >= 0.6 is 0 Å². The SMILES string of the molecule is CC(Cc1ccccc1)NC1C2CN(C(=O)OC(C)(C)C)CC21. The van der Waals surface area contributed by atoms with Gasteiger partial charge in [-0.3, -0.25) is 0 Å². The Kier molecular flexibility index (Phi) is 4.37. The maximum Gasteiger partial charge on any atom is 0.410 e. The molecule has 0 bridgehead atoms. The fourth-order valence-corrected chi connectivity index (χ4v) is 3.60. The van der Waals surface area contributed by atoms with Crippen molar-refractivity contribution in [2.24, 2.45) is 11.8 Å². The van der Waals surface area contributed by atoms with Crippen LogP contribution in [0.15, 0.2) is 30.3 Å². The maximum atomic E-state index is 12.1. The number of rotatable bonds is 4. The first-order valence-corrected chi connectivity index (χ1v) is 8.61. The third-order valence-electron chi connectivity index (χ3n) is 4.71. The van der Waals surface area contributed by atoms with Gasteiger partial charge in [0.1, 0.15) is 5.60 Å². The second-order valence-electron chi connectivity index (χ2n) is 8.00. The summed E-state index contributed by atoms with van der Waals surface area (Å²) < 4.78 is 5.45. The van der Waals surface area contributed by atoms with Crippen LogP contribution in [0.3, 0.4) is 0 Å². The Labute approximate surface area is 139 Å². The Morgan fingerprint density at radius 1 is 1.26 bits per heavy atom. The van der Waals surface area contributed by atoms with E-state index in [0.29, 0.717) is 23.9 Å². The average molecular weight is 316 g/mol. The quantitative estimate of drug-likeness (QED) is 0.928. The van der Waals surface area contributed by atoms with Crippen LogP contribution in [0.5, 0.6) is 0 Å². The first-order valence-electron chi connectivity index (χ1n) is 8.61. The Morgan fingerprint density at radius 2 is 1.87 bits per heavy atom. The summed E-state index contributed by atoms with van der Waals surface area (Å²) in [5.74, 6) is 1.20. The van der Waals surface area contributed by atoms with E-state index in [9.17, 15) is 4.79 Å². The number of nitrogens with zero attached hydrogens (tertiary/aromatic N) is 1. The van der Waals surface area contributed by atoms with Gasteiger partial charge in [-0.2, -0.15) is 0 Å². The van der Waals surface area contributed by atoms with Gasteiger partial charge in [0.2, 0.25) is 0 Å². The molecule has 23 heavy (non-hydrogen) atoms. The van der Waals surface area contributed by atoms with Crippen molar-refractivity contribution in [3.63, 3.8) is 0 Å². The highest BCUT2D eigenvalue weighted by Gasteiger charge is 2.57. The monoisotopic (exact) mass is 316 g/mol. The highest BCUT2D eigenvalue weighted by Crippen LogP contribution is 2.46. The summed E-state index contributed by atoms with van der Waals surface area (Å²) in [6.07, 6.45) is 0.882. The highest BCUT2D eigenvalue weighted by molar-refractivity contribution is 5.69. The van der Waals surface area contributed by atoms with Gasteiger partial charge in [-0.25, -0.2) is 4.79 Å². The molecule has 1 aliphatic carbocycles. The number of likely N-dealkylation sites (tertiary alicyclic amines) is 1. The zero-order valence-electron chi connectivity index (χ0n) is 14.6. The van der Waals surface area contributed by atoms with Gasteiger partial charge < -0.3 is 15.0 Å². The molecule has 1 aromatic carbocycles. The van der Waals surface area contributed by atoms with Crippen molar-refractivity contribution in [1.29, 1.82) is 0 Å². The highest BCUT2D eigenvalue weighted by atomic mass is 16.6. The van der Waals surface area contributed by atoms with E-state index in [-0.39, 0.29) is 6.09 Å². The van der Waals surface area contributed by atoms with Crippen molar-refractivity contribution in [1.82, 2.24) is 10.2 Å². The summed E-state index contributed by atoms with van der Waals surface area (Å²) in [4.78, 5) is 13.9. The van der Waals surface area contributed by atoms with Crippen molar-refractivity contribution in [2.75, 3.05) is 13.1 Å². The molecular formula is C19H28N2O2. The van der Waals surface area contributed by atoms with Crippen molar-refractivity contribution in [3.8, 4) is 0 Å². The minimum Gasteiger partial charge on any atom is -0.444 e. The largest absolute Gasteiger partial charge is 0.444 e. The zero-order valence-corrected chi connectivity index (χ0v) is 14.6. The Bertz CT molecular complexity index is 540. The molecule has 1 amide bonds. The first kappa shape index (κ1) is 16.3. The molecule has 0 spiro atoms. The van der Waals surface area contributed by atoms with Gasteiger partial charge in [-0.05, 0) is 51.5 Å². The van der Waals surface area contributed by atoms with Crippen molar-refractivity contribution < 1.29 is 9.53 Å². The number of carbonyl (C=O) groups excluding carboxylic acids is 1. The lowest BCUT2D eigenvalue weighted by Gasteiger charge is -2.26. The zero-order chi connectivity index (χ0) is 16.6. The molecule has 1 N–H and O–H groups in total. The van der Waals surface area contributed by atoms with Gasteiger partial charge in [-0.1, -0.05) is 30.3 Å². The van der Waals surface area contributed by atoms with Crippen molar-refractivity contribution in [2.45, 2.75) is 51.8 Å². The molecule has 1 aliphatic heterocycles. The Balaban J connectivity index is 1.43. The molecule has 1 aromatic rings. The van der Waals surface area contributed by atoms with E-state index >= 15 is 0 Å². The fourth-order valence-electron chi connectivity index (χ4n) is 3.60. The van der Waals surface area contributed by atoms with Crippen LogP contribution in [0, 0.1) is 11.8 Å². The number of carbonyl (C=O) groups is 1. The summed E-state index contributed by atoms with van der Waals surface area (Å²) in [6.45, 7) is 9.64. The van der Waals surface area contributed by atoms with Gasteiger partial charge in [0.25, 0.3) is 0 Å². The normalized spacial score (nSPS) is 27.5. The molecule has 2 aliphatic rings. The van der Waals surface area contributed by atoms with Crippen LogP contribution in [0.4, 0.5) is 4.79 Å². The fraction of sp³-hybridized carbons (Fsp3) is 0.632. The number of hydrogen-bond acceptors (Lipinski definition) is 3. The second kappa shape index (κ2) is 6.16. The van der Waals surface area contributed by atoms with Gasteiger partial charge in [0, 0.05) is 25.2 Å². The summed E-state index contributed by atoms with van der Waals surface area (Å²) in [5, 5.41) is 3.73. The van der Waals surface area contributed by atoms with E-state index in [1.165, 1.54) is 5.56 Å². The topological polar surface area (TPSA) is 41.6 Å². The van der Waals surface area contributed by atoms with Crippen LogP contribution in [0.1, 0.15) is 33.3 Å². The maximum absolute atomic E-state index is 12.1. The molecule has 1 saturated heterocycles.